The summed E-state index contributed by atoms with van der Waals surface area (Å²) in [4.78, 5) is 42.5. The first-order chi connectivity index (χ1) is 19.1. The van der Waals surface area contributed by atoms with Gasteiger partial charge in [0.05, 0.1) is 41.1 Å². The molecule has 1 aliphatic carbocycles. The van der Waals surface area contributed by atoms with E-state index in [9.17, 15) is 14.0 Å². The molecule has 0 bridgehead atoms. The smallest absolute Gasteiger partial charge is 0.295 e. The van der Waals surface area contributed by atoms with Gasteiger partial charge in [-0.15, -0.1) is 5.10 Å². The van der Waals surface area contributed by atoms with Gasteiger partial charge in [-0.2, -0.15) is 0 Å². The van der Waals surface area contributed by atoms with E-state index in [-0.39, 0.29) is 22.3 Å². The van der Waals surface area contributed by atoms with E-state index >= 15 is 0 Å². The highest BCUT2D eigenvalue weighted by molar-refractivity contribution is 6.45. The average molecular weight is 529 g/mol. The van der Waals surface area contributed by atoms with E-state index in [1.807, 2.05) is 18.2 Å². The second-order valence-corrected chi connectivity index (χ2v) is 9.95. The molecule has 2 aliphatic rings. The van der Waals surface area contributed by atoms with Gasteiger partial charge in [0, 0.05) is 37.9 Å². The molecule has 1 N–H and O–H groups in total. The quantitative estimate of drug-likeness (QED) is 0.184. The molecule has 1 aromatic carbocycles. The number of piperazine rings is 1. The summed E-state index contributed by atoms with van der Waals surface area (Å²) >= 11 is 0. The summed E-state index contributed by atoms with van der Waals surface area (Å²) in [6.45, 7) is 1.86. The number of nitrogens with one attached hydrogen (secondary N) is 1. The number of Topliss-reactive ketones (excluding diaryl/α,β-unsaturated/α-hetero) is 1. The predicted octanol–water partition coefficient (Wildman–Crippen LogP) is 3.39. The minimum Gasteiger partial charge on any atom is -0.357 e. The van der Waals surface area contributed by atoms with Crippen molar-refractivity contribution in [3.63, 3.8) is 0 Å². The molecule has 4 heterocycles. The van der Waals surface area contributed by atoms with Crippen molar-refractivity contribution in [3.05, 3.63) is 72.1 Å². The van der Waals surface area contributed by atoms with Gasteiger partial charge in [-0.1, -0.05) is 54.8 Å². The number of nitrogens with zero attached hydrogens (tertiary/aromatic N) is 7. The Morgan fingerprint density at radius 1 is 1.00 bits per heavy atom. The molecule has 1 saturated heterocycles. The number of aliphatic imine (C=N–C) groups is 1. The van der Waals surface area contributed by atoms with E-state index in [2.05, 4.69) is 37.3 Å². The lowest BCUT2D eigenvalue weighted by Gasteiger charge is -2.37. The largest absolute Gasteiger partial charge is 0.357 e. The molecule has 0 radical (unpaired) electrons. The van der Waals surface area contributed by atoms with Crippen molar-refractivity contribution < 1.29 is 14.0 Å². The van der Waals surface area contributed by atoms with Crippen LogP contribution in [0.5, 0.6) is 0 Å². The monoisotopic (exact) mass is 528 g/mol. The third-order valence-corrected chi connectivity index (χ3v) is 7.50. The minimum atomic E-state index is -0.761. The van der Waals surface area contributed by atoms with Crippen LogP contribution in [0.3, 0.4) is 0 Å². The summed E-state index contributed by atoms with van der Waals surface area (Å²) in [6, 6.07) is 10.4. The predicted molar refractivity (Wildman–Crippen MR) is 143 cm³/mol. The van der Waals surface area contributed by atoms with E-state index in [4.69, 9.17) is 4.99 Å². The fraction of sp³-hybridized carbons (Fsp3) is 0.357. The Bertz CT molecular complexity index is 1500. The van der Waals surface area contributed by atoms with E-state index < -0.39 is 17.5 Å². The highest BCUT2D eigenvalue weighted by Gasteiger charge is 2.31. The Morgan fingerprint density at radius 2 is 1.74 bits per heavy atom. The van der Waals surface area contributed by atoms with Crippen LogP contribution in [0.15, 0.2) is 60.1 Å². The molecule has 3 aromatic heterocycles. The number of hydrogen-bond donors (Lipinski definition) is 1. The Hall–Kier alpha value is -4.41. The maximum Gasteiger partial charge on any atom is 0.295 e. The SMILES string of the molecule is O=C(C(=O)N1CCN(C(=NC2CCCCC2)c2ccccc2)CC1)c1c[nH]c2c(-n3ccnn3)ncc(F)c12. The van der Waals surface area contributed by atoms with Crippen LogP contribution in [-0.2, 0) is 4.79 Å². The number of aromatic nitrogens is 5. The molecule has 11 heteroatoms. The number of carbonyl (C=O) groups is 2. The summed E-state index contributed by atoms with van der Waals surface area (Å²) in [7, 11) is 0. The van der Waals surface area contributed by atoms with Gasteiger partial charge in [0.25, 0.3) is 11.7 Å². The van der Waals surface area contributed by atoms with Crippen LogP contribution in [0.4, 0.5) is 4.39 Å². The van der Waals surface area contributed by atoms with Gasteiger partial charge in [-0.3, -0.25) is 14.6 Å². The topological polar surface area (TPSA) is 112 Å². The Morgan fingerprint density at radius 3 is 2.46 bits per heavy atom. The Balaban J connectivity index is 1.20. The van der Waals surface area contributed by atoms with E-state index in [0.29, 0.717) is 32.2 Å². The lowest BCUT2D eigenvalue weighted by atomic mass is 9.96. The zero-order valence-electron chi connectivity index (χ0n) is 21.5. The number of amides is 1. The molecule has 1 aliphatic heterocycles. The van der Waals surface area contributed by atoms with Crippen molar-refractivity contribution >= 4 is 28.4 Å². The van der Waals surface area contributed by atoms with Gasteiger partial charge in [0.2, 0.25) is 0 Å². The third kappa shape index (κ3) is 4.91. The maximum atomic E-state index is 14.8. The van der Waals surface area contributed by atoms with Crippen molar-refractivity contribution in [3.8, 4) is 5.82 Å². The number of benzene rings is 1. The molecule has 10 nitrogen and oxygen atoms in total. The number of hydrogen-bond acceptors (Lipinski definition) is 6. The Labute approximate surface area is 224 Å². The van der Waals surface area contributed by atoms with Crippen molar-refractivity contribution in [1.82, 2.24) is 34.8 Å². The first-order valence-electron chi connectivity index (χ1n) is 13.3. The van der Waals surface area contributed by atoms with Gasteiger partial charge in [-0.25, -0.2) is 14.1 Å². The first-order valence-corrected chi connectivity index (χ1v) is 13.3. The van der Waals surface area contributed by atoms with Crippen LogP contribution in [0.1, 0.15) is 48.0 Å². The van der Waals surface area contributed by atoms with Crippen LogP contribution >= 0.6 is 0 Å². The molecule has 1 saturated carbocycles. The number of aromatic amines is 1. The number of fused-ring (bicyclic) bond motifs is 1. The highest BCUT2D eigenvalue weighted by atomic mass is 19.1. The molecule has 0 spiro atoms. The zero-order chi connectivity index (χ0) is 26.8. The third-order valence-electron chi connectivity index (χ3n) is 7.50. The van der Waals surface area contributed by atoms with Crippen molar-refractivity contribution in [2.24, 2.45) is 4.99 Å². The second-order valence-electron chi connectivity index (χ2n) is 9.95. The molecule has 39 heavy (non-hydrogen) atoms. The number of amidine groups is 1. The van der Waals surface area contributed by atoms with Gasteiger partial charge in [0.1, 0.15) is 5.84 Å². The van der Waals surface area contributed by atoms with Gasteiger partial charge < -0.3 is 14.8 Å². The van der Waals surface area contributed by atoms with Crippen LogP contribution in [0, 0.1) is 5.82 Å². The number of pyridine rings is 1. The molecule has 4 aromatic rings. The van der Waals surface area contributed by atoms with Crippen LogP contribution in [-0.4, -0.2) is 84.5 Å². The van der Waals surface area contributed by atoms with Crippen molar-refractivity contribution in [2.75, 3.05) is 26.2 Å². The van der Waals surface area contributed by atoms with E-state index in [1.54, 1.807) is 6.20 Å². The molecule has 0 unspecified atom stereocenters. The highest BCUT2D eigenvalue weighted by Crippen LogP contribution is 2.27. The van der Waals surface area contributed by atoms with Crippen LogP contribution < -0.4 is 0 Å². The lowest BCUT2D eigenvalue weighted by Crippen LogP contribution is -2.52. The summed E-state index contributed by atoms with van der Waals surface area (Å²) in [6.07, 6.45) is 11.3. The second kappa shape index (κ2) is 10.8. The van der Waals surface area contributed by atoms with Gasteiger partial charge in [-0.05, 0) is 12.8 Å². The van der Waals surface area contributed by atoms with Crippen molar-refractivity contribution in [2.45, 2.75) is 38.1 Å². The summed E-state index contributed by atoms with van der Waals surface area (Å²) in [5, 5.41) is 7.66. The zero-order valence-corrected chi connectivity index (χ0v) is 21.5. The minimum absolute atomic E-state index is 0.0125. The molecule has 1 amide bonds. The standard InChI is InChI=1S/C28H29FN8O2/c29-22-18-31-27(37-12-11-32-34-37)24-23(22)21(17-30-24)25(38)28(39)36-15-13-35(14-16-36)26(19-7-3-1-4-8-19)33-20-9-5-2-6-10-20/h1,3-4,7-8,11-12,17-18,20,30H,2,5-6,9-10,13-16H2. The first kappa shape index (κ1) is 24.9. The normalized spacial score (nSPS) is 17.1. The van der Waals surface area contributed by atoms with Crippen LogP contribution in [0.25, 0.3) is 16.7 Å². The molecule has 0 atom stereocenters. The fourth-order valence-corrected chi connectivity index (χ4v) is 5.46. The van der Waals surface area contributed by atoms with E-state index in [0.717, 1.165) is 30.4 Å². The van der Waals surface area contributed by atoms with Crippen LogP contribution in [0.2, 0.25) is 0 Å². The molecular formula is C28H29FN8O2. The van der Waals surface area contributed by atoms with Crippen molar-refractivity contribution in [1.29, 1.82) is 0 Å². The Kier molecular flexibility index (Phi) is 6.87. The average Bonchev–Trinajstić information content (AvgIpc) is 3.68. The van der Waals surface area contributed by atoms with Gasteiger partial charge in [0.15, 0.2) is 11.6 Å². The molecule has 200 valence electrons. The number of carbonyl (C=O) groups excluding carboxylic acids is 2. The number of halogens is 1. The lowest BCUT2D eigenvalue weighted by molar-refractivity contribution is -0.127. The molecular weight excluding hydrogens is 499 g/mol. The fourth-order valence-electron chi connectivity index (χ4n) is 5.46. The summed E-state index contributed by atoms with van der Waals surface area (Å²) in [5.41, 5.74) is 1.31. The van der Waals surface area contributed by atoms with Gasteiger partial charge >= 0.3 is 0 Å². The summed E-state index contributed by atoms with van der Waals surface area (Å²) in [5.74, 6) is -0.868. The van der Waals surface area contributed by atoms with E-state index in [1.165, 1.54) is 41.2 Å². The number of rotatable bonds is 5. The molecule has 2 fully saturated rings. The number of ketones is 1. The molecule has 6 rings (SSSR count). The summed E-state index contributed by atoms with van der Waals surface area (Å²) < 4.78 is 16.2. The number of H-pyrrole nitrogens is 1. The maximum absolute atomic E-state index is 14.8.